The smallest absolute Gasteiger partial charge is 0.381 e. The molecular weight excluding hydrogens is 486 g/mol. The van der Waals surface area contributed by atoms with Gasteiger partial charge >= 0.3 is 6.18 Å². The Morgan fingerprint density at radius 3 is 2.25 bits per heavy atom. The minimum atomic E-state index is -4.30. The van der Waals surface area contributed by atoms with Crippen molar-refractivity contribution >= 4 is 29.9 Å². The Kier molecular flexibility index (Phi) is 15.2. The van der Waals surface area contributed by atoms with E-state index in [0.29, 0.717) is 18.1 Å². The van der Waals surface area contributed by atoms with Gasteiger partial charge in [-0.25, -0.2) is 0 Å². The van der Waals surface area contributed by atoms with Crippen LogP contribution >= 0.6 is 24.0 Å². The van der Waals surface area contributed by atoms with Crippen LogP contribution in [0.25, 0.3) is 0 Å². The molecule has 0 unspecified atom stereocenters. The summed E-state index contributed by atoms with van der Waals surface area (Å²) in [4.78, 5) is 4.16. The first-order valence-corrected chi connectivity index (χ1v) is 9.19. The molecule has 0 heterocycles. The average molecular weight is 517 g/mol. The molecule has 0 atom stereocenters. The number of benzene rings is 1. The Hall–Kier alpha value is -1.07. The quantitative estimate of drug-likeness (QED) is 0.189. The number of rotatable bonds is 12. The molecule has 0 aliphatic carbocycles. The molecule has 1 aromatic rings. The molecule has 28 heavy (non-hydrogen) atoms. The second kappa shape index (κ2) is 15.8. The number of hydrogen-bond acceptors (Lipinski definition) is 3. The van der Waals surface area contributed by atoms with Crippen molar-refractivity contribution in [2.75, 3.05) is 33.4 Å². The summed E-state index contributed by atoms with van der Waals surface area (Å²) in [5.41, 5.74) is 1.70. The Bertz CT molecular complexity index is 540. The molecule has 162 valence electrons. The predicted octanol–water partition coefficient (Wildman–Crippen LogP) is 4.26. The molecule has 0 amide bonds. The van der Waals surface area contributed by atoms with Gasteiger partial charge in [-0.15, -0.1) is 24.0 Å². The Morgan fingerprint density at radius 2 is 1.64 bits per heavy atom. The third-order valence-corrected chi connectivity index (χ3v) is 3.64. The van der Waals surface area contributed by atoms with Crippen molar-refractivity contribution in [3.8, 4) is 0 Å². The molecule has 0 aromatic heterocycles. The van der Waals surface area contributed by atoms with Crippen molar-refractivity contribution in [3.63, 3.8) is 0 Å². The van der Waals surface area contributed by atoms with Crippen LogP contribution in [0.15, 0.2) is 29.3 Å². The highest BCUT2D eigenvalue weighted by Crippen LogP contribution is 2.15. The predicted molar refractivity (Wildman–Crippen MR) is 116 cm³/mol. The maximum atomic E-state index is 12.1. The van der Waals surface area contributed by atoms with Gasteiger partial charge in [0.25, 0.3) is 0 Å². The number of aliphatic imine (C=N–C) groups is 1. The van der Waals surface area contributed by atoms with E-state index in [0.717, 1.165) is 44.6 Å². The molecule has 0 spiro atoms. The fraction of sp³-hybridized carbons (Fsp3) is 0.632. The summed E-state index contributed by atoms with van der Waals surface area (Å²) in [6.45, 7) is 3.70. The molecule has 0 radical (unpaired) electrons. The lowest BCUT2D eigenvalue weighted by molar-refractivity contribution is -0.176. The zero-order valence-corrected chi connectivity index (χ0v) is 18.8. The minimum Gasteiger partial charge on any atom is -0.381 e. The average Bonchev–Trinajstić information content (AvgIpc) is 2.63. The lowest BCUT2D eigenvalue weighted by Gasteiger charge is -2.12. The van der Waals surface area contributed by atoms with E-state index in [2.05, 4.69) is 27.3 Å². The van der Waals surface area contributed by atoms with Crippen LogP contribution in [0.5, 0.6) is 0 Å². The number of alkyl halides is 3. The number of ether oxygens (including phenoxy) is 2. The lowest BCUT2D eigenvalue weighted by Crippen LogP contribution is -2.37. The number of nitrogens with one attached hydrogen (secondary N) is 2. The van der Waals surface area contributed by atoms with Crippen LogP contribution in [0.1, 0.15) is 37.3 Å². The van der Waals surface area contributed by atoms with Crippen LogP contribution in [-0.2, 0) is 22.6 Å². The van der Waals surface area contributed by atoms with E-state index in [-0.39, 0.29) is 30.6 Å². The second-order valence-electron chi connectivity index (χ2n) is 6.10. The van der Waals surface area contributed by atoms with Crippen molar-refractivity contribution in [3.05, 3.63) is 35.4 Å². The molecule has 2 N–H and O–H groups in total. The summed E-state index contributed by atoms with van der Waals surface area (Å²) < 4.78 is 46.3. The van der Waals surface area contributed by atoms with Crippen LogP contribution in [0.4, 0.5) is 13.2 Å². The topological polar surface area (TPSA) is 54.9 Å². The number of unbranched alkanes of at least 4 members (excludes halogenated alkanes) is 1. The van der Waals surface area contributed by atoms with Gasteiger partial charge < -0.3 is 20.1 Å². The Morgan fingerprint density at radius 1 is 1.00 bits per heavy atom. The van der Waals surface area contributed by atoms with Gasteiger partial charge in [0.1, 0.15) is 6.61 Å². The first-order valence-electron chi connectivity index (χ1n) is 9.19. The van der Waals surface area contributed by atoms with Crippen LogP contribution < -0.4 is 10.6 Å². The third kappa shape index (κ3) is 14.0. The molecule has 5 nitrogen and oxygen atoms in total. The molecule has 0 aliphatic heterocycles. The summed E-state index contributed by atoms with van der Waals surface area (Å²) in [6.07, 6.45) is -1.17. The first-order chi connectivity index (χ1) is 12.9. The van der Waals surface area contributed by atoms with E-state index in [1.807, 2.05) is 12.1 Å². The van der Waals surface area contributed by atoms with Crippen molar-refractivity contribution in [1.82, 2.24) is 10.6 Å². The lowest BCUT2D eigenvalue weighted by atomic mass is 10.1. The fourth-order valence-corrected chi connectivity index (χ4v) is 2.17. The highest BCUT2D eigenvalue weighted by molar-refractivity contribution is 14.0. The van der Waals surface area contributed by atoms with E-state index in [4.69, 9.17) is 4.74 Å². The maximum Gasteiger partial charge on any atom is 0.411 e. The zero-order chi connectivity index (χ0) is 20.0. The molecule has 0 fully saturated rings. The summed E-state index contributed by atoms with van der Waals surface area (Å²) in [7, 11) is 1.70. The molecule has 0 saturated carbocycles. The summed E-state index contributed by atoms with van der Waals surface area (Å²) in [5, 5.41) is 6.41. The van der Waals surface area contributed by atoms with E-state index in [1.54, 1.807) is 19.2 Å². The molecule has 0 saturated heterocycles. The zero-order valence-electron chi connectivity index (χ0n) is 16.5. The van der Waals surface area contributed by atoms with Crippen molar-refractivity contribution in [2.45, 2.75) is 45.5 Å². The number of guanidine groups is 1. The second-order valence-corrected chi connectivity index (χ2v) is 6.10. The molecule has 0 aliphatic rings. The first kappa shape index (κ1) is 26.9. The molecule has 9 heteroatoms. The van der Waals surface area contributed by atoms with Crippen LogP contribution in [0, 0.1) is 0 Å². The summed E-state index contributed by atoms with van der Waals surface area (Å²) >= 11 is 0. The molecule has 0 bridgehead atoms. The van der Waals surface area contributed by atoms with Crippen molar-refractivity contribution in [1.29, 1.82) is 0 Å². The van der Waals surface area contributed by atoms with Crippen LogP contribution in [0.3, 0.4) is 0 Å². The molecular formula is C19H31F3IN3O2. The van der Waals surface area contributed by atoms with Crippen LogP contribution in [-0.4, -0.2) is 45.5 Å². The van der Waals surface area contributed by atoms with E-state index >= 15 is 0 Å². The van der Waals surface area contributed by atoms with E-state index in [1.165, 1.54) is 0 Å². The number of hydrogen-bond donors (Lipinski definition) is 2. The highest BCUT2D eigenvalue weighted by atomic mass is 127. The minimum absolute atomic E-state index is 0. The van der Waals surface area contributed by atoms with E-state index in [9.17, 15) is 13.2 Å². The van der Waals surface area contributed by atoms with Gasteiger partial charge in [0.05, 0.1) is 6.61 Å². The monoisotopic (exact) mass is 517 g/mol. The van der Waals surface area contributed by atoms with Gasteiger partial charge in [-0.3, -0.25) is 4.99 Å². The number of nitrogens with zero attached hydrogens (tertiary/aromatic N) is 1. The van der Waals surface area contributed by atoms with Gasteiger partial charge in [-0.2, -0.15) is 13.2 Å². The summed E-state index contributed by atoms with van der Waals surface area (Å²) in [6, 6.07) is 7.23. The van der Waals surface area contributed by atoms with E-state index < -0.39 is 12.8 Å². The number of halogens is 4. The van der Waals surface area contributed by atoms with Crippen molar-refractivity contribution in [2.24, 2.45) is 4.99 Å². The standard InChI is InChI=1S/C19H30F3N3O2.HI/c1-3-4-11-26-12-5-10-24-18(23-2)25-13-16-6-8-17(9-7-16)14-27-15-19(20,21)22;/h6-9H,3-5,10-15H2,1-2H3,(H2,23,24,25);1H. The fourth-order valence-electron chi connectivity index (χ4n) is 2.17. The highest BCUT2D eigenvalue weighted by Gasteiger charge is 2.27. The third-order valence-electron chi connectivity index (χ3n) is 3.64. The van der Waals surface area contributed by atoms with Gasteiger partial charge in [0, 0.05) is 33.4 Å². The summed E-state index contributed by atoms with van der Waals surface area (Å²) in [5.74, 6) is 0.696. The molecule has 1 aromatic carbocycles. The van der Waals surface area contributed by atoms with Gasteiger partial charge in [0.2, 0.25) is 0 Å². The van der Waals surface area contributed by atoms with Crippen LogP contribution in [0.2, 0.25) is 0 Å². The van der Waals surface area contributed by atoms with Gasteiger partial charge in [0.15, 0.2) is 5.96 Å². The molecule has 1 rings (SSSR count). The van der Waals surface area contributed by atoms with Gasteiger partial charge in [-0.1, -0.05) is 37.6 Å². The Balaban J connectivity index is 0.00000729. The van der Waals surface area contributed by atoms with Gasteiger partial charge in [-0.05, 0) is 24.0 Å². The SMILES string of the molecule is CCCCOCCCNC(=NC)NCc1ccc(COCC(F)(F)F)cc1.I. The Labute approximate surface area is 182 Å². The normalized spacial score (nSPS) is 11.8. The van der Waals surface area contributed by atoms with Crippen molar-refractivity contribution < 1.29 is 22.6 Å². The largest absolute Gasteiger partial charge is 0.411 e. The maximum absolute atomic E-state index is 12.1.